The molecule has 3 aliphatic heterocycles. The molecule has 1 spiro atoms. The zero-order chi connectivity index (χ0) is 31.4. The Kier molecular flexibility index (Phi) is 10.3. The van der Waals surface area contributed by atoms with Crippen LogP contribution >= 0.6 is 27.5 Å². The molecule has 10 heteroatoms. The molecule has 234 valence electrons. The largest absolute Gasteiger partial charge is 0.396 e. The van der Waals surface area contributed by atoms with Gasteiger partial charge in [0.1, 0.15) is 11.6 Å². The predicted molar refractivity (Wildman–Crippen MR) is 174 cm³/mol. The summed E-state index contributed by atoms with van der Waals surface area (Å²) in [6, 6.07) is 15.8. The third-order valence-electron chi connectivity index (χ3n) is 8.96. The molecular formula is C34H39BrClN3O5. The van der Waals surface area contributed by atoms with Crippen molar-refractivity contribution < 1.29 is 24.2 Å². The molecule has 0 aromatic heterocycles. The number of unbranched alkanes of at least 4 members (excludes halogenated alkanes) is 2. The number of carbonyl (C=O) groups is 3. The van der Waals surface area contributed by atoms with Crippen LogP contribution in [-0.4, -0.2) is 81.4 Å². The van der Waals surface area contributed by atoms with E-state index in [4.69, 9.17) is 16.3 Å². The van der Waals surface area contributed by atoms with Gasteiger partial charge in [-0.25, -0.2) is 0 Å². The summed E-state index contributed by atoms with van der Waals surface area (Å²) in [6.07, 6.45) is 5.03. The number of para-hydroxylation sites is 1. The molecule has 2 aromatic carbocycles. The van der Waals surface area contributed by atoms with Crippen LogP contribution in [0.25, 0.3) is 0 Å². The average molecular weight is 685 g/mol. The number of nitrogens with zero attached hydrogens (tertiary/aromatic N) is 3. The van der Waals surface area contributed by atoms with E-state index >= 15 is 0 Å². The van der Waals surface area contributed by atoms with Gasteiger partial charge in [0, 0.05) is 37.6 Å². The summed E-state index contributed by atoms with van der Waals surface area (Å²) < 4.78 is 6.74. The lowest BCUT2D eigenvalue weighted by molar-refractivity contribution is -0.145. The Morgan fingerprint density at radius 1 is 1.05 bits per heavy atom. The maximum atomic E-state index is 14.7. The first kappa shape index (κ1) is 32.4. The van der Waals surface area contributed by atoms with E-state index in [2.05, 4.69) is 29.1 Å². The average Bonchev–Trinajstić information content (AvgIpc) is 3.61. The molecule has 3 saturated heterocycles. The second-order valence-corrected chi connectivity index (χ2v) is 13.2. The molecular weight excluding hydrogens is 646 g/mol. The second-order valence-electron chi connectivity index (χ2n) is 11.7. The number of anilines is 1. The van der Waals surface area contributed by atoms with Crippen LogP contribution in [0.15, 0.2) is 79.9 Å². The van der Waals surface area contributed by atoms with E-state index < -0.39 is 29.6 Å². The summed E-state index contributed by atoms with van der Waals surface area (Å²) in [5.74, 6) is -2.35. The van der Waals surface area contributed by atoms with Crippen LogP contribution in [0.1, 0.15) is 31.2 Å². The SMILES string of the molecule is C=CCN(Cc1ccccc1)C(=O)[C@H]1[C@@H]2OC3(CC2Br)C(C(=O)N(CC=C)c2ccccc2Cl)N(CCCCCO)C(=O)[C@H]13. The minimum absolute atomic E-state index is 0.0513. The van der Waals surface area contributed by atoms with E-state index in [-0.39, 0.29) is 35.7 Å². The minimum Gasteiger partial charge on any atom is -0.396 e. The first-order valence-corrected chi connectivity index (χ1v) is 16.4. The number of ether oxygens (including phenoxy) is 1. The number of aliphatic hydroxyl groups is 1. The maximum absolute atomic E-state index is 14.7. The molecule has 0 saturated carbocycles. The van der Waals surface area contributed by atoms with Crippen molar-refractivity contribution in [1.82, 2.24) is 9.80 Å². The molecule has 3 heterocycles. The zero-order valence-corrected chi connectivity index (χ0v) is 27.0. The van der Waals surface area contributed by atoms with E-state index in [0.29, 0.717) is 56.0 Å². The fourth-order valence-corrected chi connectivity index (χ4v) is 8.34. The third kappa shape index (κ3) is 5.87. The molecule has 5 rings (SSSR count). The summed E-state index contributed by atoms with van der Waals surface area (Å²) >= 11 is 10.3. The molecule has 2 aromatic rings. The van der Waals surface area contributed by atoms with E-state index in [1.54, 1.807) is 51.1 Å². The van der Waals surface area contributed by atoms with Crippen LogP contribution in [0, 0.1) is 11.8 Å². The quantitative estimate of drug-likeness (QED) is 0.172. The van der Waals surface area contributed by atoms with E-state index in [0.717, 1.165) is 5.56 Å². The monoisotopic (exact) mass is 683 g/mol. The van der Waals surface area contributed by atoms with Gasteiger partial charge in [0.15, 0.2) is 0 Å². The molecule has 3 amide bonds. The lowest BCUT2D eigenvalue weighted by atomic mass is 9.70. The van der Waals surface area contributed by atoms with Gasteiger partial charge in [0.2, 0.25) is 11.8 Å². The Morgan fingerprint density at radius 2 is 1.75 bits per heavy atom. The van der Waals surface area contributed by atoms with Gasteiger partial charge >= 0.3 is 0 Å². The smallest absolute Gasteiger partial charge is 0.253 e. The van der Waals surface area contributed by atoms with E-state index in [1.807, 2.05) is 30.3 Å². The Hall–Kier alpha value is -2.98. The molecule has 6 atom stereocenters. The highest BCUT2D eigenvalue weighted by molar-refractivity contribution is 9.09. The zero-order valence-electron chi connectivity index (χ0n) is 24.7. The van der Waals surface area contributed by atoms with Crippen LogP contribution < -0.4 is 4.90 Å². The van der Waals surface area contributed by atoms with Crippen molar-refractivity contribution in [2.75, 3.05) is 31.1 Å². The topological polar surface area (TPSA) is 90.4 Å². The number of aliphatic hydroxyl groups excluding tert-OH is 1. The predicted octanol–water partition coefficient (Wildman–Crippen LogP) is 4.98. The fourth-order valence-electron chi connectivity index (χ4n) is 7.16. The standard InChI is InChI=1S/C34H39BrClN3O5/c1-3-17-37(22-23-13-7-5-8-14-23)31(41)27-28-32(42)39(19-11-6-12-20-40)30(34(28)21-24(35)29(27)44-34)33(43)38(18-4-2)26-16-10-9-15-25(26)36/h3-5,7-10,13-16,24,27-30,40H,1-2,6,11-12,17-22H2/t24?,27-,28+,29-,30?,34?/m1/s1. The van der Waals surface area contributed by atoms with Crippen molar-refractivity contribution in [3.8, 4) is 0 Å². The van der Waals surface area contributed by atoms with Gasteiger partial charge in [0.25, 0.3) is 5.91 Å². The number of carbonyl (C=O) groups excluding carboxylic acids is 3. The van der Waals surface area contributed by atoms with Gasteiger partial charge in [-0.05, 0) is 43.4 Å². The molecule has 3 unspecified atom stereocenters. The second kappa shape index (κ2) is 14.0. The molecule has 8 nitrogen and oxygen atoms in total. The van der Waals surface area contributed by atoms with Gasteiger partial charge in [0.05, 0.1) is 28.6 Å². The Morgan fingerprint density at radius 3 is 2.43 bits per heavy atom. The molecule has 0 aliphatic carbocycles. The van der Waals surface area contributed by atoms with Crippen LogP contribution in [0.3, 0.4) is 0 Å². The number of halogens is 2. The number of likely N-dealkylation sites (tertiary alicyclic amines) is 1. The van der Waals surface area contributed by atoms with E-state index in [9.17, 15) is 19.5 Å². The maximum Gasteiger partial charge on any atom is 0.253 e. The van der Waals surface area contributed by atoms with E-state index in [1.165, 1.54) is 0 Å². The molecule has 44 heavy (non-hydrogen) atoms. The summed E-state index contributed by atoms with van der Waals surface area (Å²) in [6.45, 7) is 8.94. The van der Waals surface area contributed by atoms with Gasteiger partial charge in [-0.15, -0.1) is 13.2 Å². The van der Waals surface area contributed by atoms with Gasteiger partial charge < -0.3 is 24.5 Å². The van der Waals surface area contributed by atoms with Crippen LogP contribution in [0.4, 0.5) is 5.69 Å². The number of benzene rings is 2. The normalized spacial score (nSPS) is 26.8. The number of rotatable bonds is 14. The lowest BCUT2D eigenvalue weighted by Gasteiger charge is -2.37. The number of hydrogen-bond acceptors (Lipinski definition) is 5. The highest BCUT2D eigenvalue weighted by Crippen LogP contribution is 2.60. The minimum atomic E-state index is -1.20. The van der Waals surface area contributed by atoms with Crippen LogP contribution in [0.2, 0.25) is 5.02 Å². The van der Waals surface area contributed by atoms with Crippen LogP contribution in [-0.2, 0) is 25.7 Å². The number of hydrogen-bond donors (Lipinski definition) is 1. The Bertz CT molecular complexity index is 1390. The number of alkyl halides is 1. The summed E-state index contributed by atoms with van der Waals surface area (Å²) in [5.41, 5.74) is 0.285. The van der Waals surface area contributed by atoms with Gasteiger partial charge in [-0.3, -0.25) is 14.4 Å². The fraction of sp³-hybridized carbons (Fsp3) is 0.441. The molecule has 3 aliphatic rings. The first-order valence-electron chi connectivity index (χ1n) is 15.1. The number of fused-ring (bicyclic) bond motifs is 1. The lowest BCUT2D eigenvalue weighted by Crippen LogP contribution is -2.57. The van der Waals surface area contributed by atoms with Crippen molar-refractivity contribution in [1.29, 1.82) is 0 Å². The Labute approximate surface area is 272 Å². The highest BCUT2D eigenvalue weighted by Gasteiger charge is 2.76. The van der Waals surface area contributed by atoms with Crippen molar-refractivity contribution in [3.05, 3.63) is 90.5 Å². The van der Waals surface area contributed by atoms with Gasteiger partial charge in [-0.1, -0.05) is 82.1 Å². The van der Waals surface area contributed by atoms with Crippen LogP contribution in [0.5, 0.6) is 0 Å². The van der Waals surface area contributed by atoms with Crippen molar-refractivity contribution >= 4 is 50.9 Å². The van der Waals surface area contributed by atoms with Crippen molar-refractivity contribution in [3.63, 3.8) is 0 Å². The Balaban J connectivity index is 1.54. The van der Waals surface area contributed by atoms with Crippen molar-refractivity contribution in [2.24, 2.45) is 11.8 Å². The van der Waals surface area contributed by atoms with Crippen molar-refractivity contribution in [2.45, 2.75) is 54.8 Å². The summed E-state index contributed by atoms with van der Waals surface area (Å²) in [4.78, 5) is 48.2. The first-order chi connectivity index (χ1) is 21.3. The summed E-state index contributed by atoms with van der Waals surface area (Å²) in [7, 11) is 0. The molecule has 1 N–H and O–H groups in total. The molecule has 2 bridgehead atoms. The van der Waals surface area contributed by atoms with Gasteiger partial charge in [-0.2, -0.15) is 0 Å². The highest BCUT2D eigenvalue weighted by atomic mass is 79.9. The summed E-state index contributed by atoms with van der Waals surface area (Å²) in [5, 5.41) is 9.74. The molecule has 3 fully saturated rings. The molecule has 0 radical (unpaired) electrons. The number of amides is 3. The third-order valence-corrected chi connectivity index (χ3v) is 10.1.